The first-order valence-electron chi connectivity index (χ1n) is 8.03. The molecule has 0 aliphatic heterocycles. The quantitative estimate of drug-likeness (QED) is 0.846. The zero-order chi connectivity index (χ0) is 16.1. The van der Waals surface area contributed by atoms with E-state index >= 15 is 0 Å². The van der Waals surface area contributed by atoms with Crippen LogP contribution in [0, 0.1) is 6.92 Å². The SMILES string of the molecule is Cc1cc(CSc2ncccc2C(=O)NC2CCCCC2)no1. The normalized spacial score (nSPS) is 15.5. The zero-order valence-corrected chi connectivity index (χ0v) is 14.1. The van der Waals surface area contributed by atoms with Gasteiger partial charge in [0.15, 0.2) is 0 Å². The summed E-state index contributed by atoms with van der Waals surface area (Å²) in [5, 5.41) is 7.86. The molecule has 2 aromatic heterocycles. The number of nitrogens with zero attached hydrogens (tertiary/aromatic N) is 2. The maximum Gasteiger partial charge on any atom is 0.254 e. The van der Waals surface area contributed by atoms with Crippen LogP contribution >= 0.6 is 11.8 Å². The number of aromatic nitrogens is 2. The minimum atomic E-state index is -0.0242. The van der Waals surface area contributed by atoms with E-state index in [0.717, 1.165) is 29.3 Å². The molecule has 1 fully saturated rings. The molecule has 2 heterocycles. The second kappa shape index (κ2) is 7.64. The molecular formula is C17H21N3O2S. The third-order valence-electron chi connectivity index (χ3n) is 3.99. The largest absolute Gasteiger partial charge is 0.361 e. The van der Waals surface area contributed by atoms with E-state index in [1.807, 2.05) is 19.1 Å². The maximum atomic E-state index is 12.6. The Labute approximate surface area is 140 Å². The lowest BCUT2D eigenvalue weighted by atomic mass is 9.95. The molecule has 23 heavy (non-hydrogen) atoms. The molecule has 0 unspecified atom stereocenters. The highest BCUT2D eigenvalue weighted by Crippen LogP contribution is 2.25. The fourth-order valence-electron chi connectivity index (χ4n) is 2.82. The number of carbonyl (C=O) groups excluding carboxylic acids is 1. The number of hydrogen-bond acceptors (Lipinski definition) is 5. The molecule has 6 heteroatoms. The van der Waals surface area contributed by atoms with Crippen molar-refractivity contribution in [2.24, 2.45) is 0 Å². The average Bonchev–Trinajstić information content (AvgIpc) is 2.99. The van der Waals surface area contributed by atoms with Gasteiger partial charge in [0.2, 0.25) is 0 Å². The summed E-state index contributed by atoms with van der Waals surface area (Å²) in [5.41, 5.74) is 1.50. The molecule has 5 nitrogen and oxygen atoms in total. The lowest BCUT2D eigenvalue weighted by molar-refractivity contribution is 0.0924. The Hall–Kier alpha value is -1.82. The Morgan fingerprint density at radius 2 is 2.22 bits per heavy atom. The van der Waals surface area contributed by atoms with Crippen molar-refractivity contribution in [1.29, 1.82) is 0 Å². The van der Waals surface area contributed by atoms with Crippen molar-refractivity contribution in [3.05, 3.63) is 41.4 Å². The number of nitrogens with one attached hydrogen (secondary N) is 1. The Kier molecular flexibility index (Phi) is 5.33. The minimum Gasteiger partial charge on any atom is -0.361 e. The maximum absolute atomic E-state index is 12.6. The van der Waals surface area contributed by atoms with Gasteiger partial charge in [-0.25, -0.2) is 4.98 Å². The van der Waals surface area contributed by atoms with Crippen LogP contribution in [0.25, 0.3) is 0 Å². The summed E-state index contributed by atoms with van der Waals surface area (Å²) in [5.74, 6) is 1.40. The van der Waals surface area contributed by atoms with Crippen LogP contribution in [-0.2, 0) is 5.75 Å². The predicted molar refractivity (Wildman–Crippen MR) is 89.4 cm³/mol. The number of rotatable bonds is 5. The molecule has 0 aromatic carbocycles. The van der Waals surface area contributed by atoms with Crippen LogP contribution in [0.1, 0.15) is 53.9 Å². The minimum absolute atomic E-state index is 0.0242. The van der Waals surface area contributed by atoms with Gasteiger partial charge in [-0.1, -0.05) is 36.2 Å². The molecule has 1 N–H and O–H groups in total. The lowest BCUT2D eigenvalue weighted by Crippen LogP contribution is -2.36. The van der Waals surface area contributed by atoms with Crippen LogP contribution in [-0.4, -0.2) is 22.1 Å². The summed E-state index contributed by atoms with van der Waals surface area (Å²) >= 11 is 1.51. The molecule has 0 bridgehead atoms. The fourth-order valence-corrected chi connectivity index (χ4v) is 3.69. The van der Waals surface area contributed by atoms with Crippen molar-refractivity contribution in [2.45, 2.75) is 55.8 Å². The van der Waals surface area contributed by atoms with E-state index < -0.39 is 0 Å². The summed E-state index contributed by atoms with van der Waals surface area (Å²) in [6.07, 6.45) is 7.54. The van der Waals surface area contributed by atoms with Crippen molar-refractivity contribution in [1.82, 2.24) is 15.5 Å². The summed E-state index contributed by atoms with van der Waals surface area (Å²) in [4.78, 5) is 16.9. The van der Waals surface area contributed by atoms with Gasteiger partial charge in [0, 0.05) is 24.1 Å². The van der Waals surface area contributed by atoms with Gasteiger partial charge >= 0.3 is 0 Å². The first kappa shape index (κ1) is 16.1. The van der Waals surface area contributed by atoms with Crippen molar-refractivity contribution in [3.8, 4) is 0 Å². The van der Waals surface area contributed by atoms with Crippen LogP contribution in [0.3, 0.4) is 0 Å². The number of amides is 1. The summed E-state index contributed by atoms with van der Waals surface area (Å²) < 4.78 is 5.07. The van der Waals surface area contributed by atoms with Gasteiger partial charge < -0.3 is 9.84 Å². The van der Waals surface area contributed by atoms with Crippen LogP contribution in [0.4, 0.5) is 0 Å². The molecule has 1 amide bonds. The molecule has 0 saturated heterocycles. The smallest absolute Gasteiger partial charge is 0.254 e. The first-order valence-corrected chi connectivity index (χ1v) is 9.02. The van der Waals surface area contributed by atoms with Gasteiger partial charge in [-0.05, 0) is 31.9 Å². The van der Waals surface area contributed by atoms with E-state index in [1.165, 1.54) is 31.0 Å². The summed E-state index contributed by atoms with van der Waals surface area (Å²) in [6.45, 7) is 1.87. The molecule has 122 valence electrons. The van der Waals surface area contributed by atoms with Crippen LogP contribution in [0.2, 0.25) is 0 Å². The molecular weight excluding hydrogens is 310 g/mol. The van der Waals surface area contributed by atoms with E-state index in [0.29, 0.717) is 17.4 Å². The second-order valence-corrected chi connectivity index (χ2v) is 6.85. The number of aryl methyl sites for hydroxylation is 1. The Balaban J connectivity index is 1.65. The topological polar surface area (TPSA) is 68.0 Å². The molecule has 2 aromatic rings. The second-order valence-electron chi connectivity index (χ2n) is 5.88. The summed E-state index contributed by atoms with van der Waals surface area (Å²) in [6, 6.07) is 5.84. The standard InChI is InChI=1S/C17H21N3O2S/c1-12-10-14(20-22-12)11-23-17-15(8-5-9-18-17)16(21)19-13-6-3-2-4-7-13/h5,8-10,13H,2-4,6-7,11H2,1H3,(H,19,21). The zero-order valence-electron chi connectivity index (χ0n) is 13.2. The molecule has 0 radical (unpaired) electrons. The molecule has 1 aliphatic rings. The van der Waals surface area contributed by atoms with E-state index in [-0.39, 0.29) is 5.91 Å². The molecule has 3 rings (SSSR count). The van der Waals surface area contributed by atoms with Gasteiger partial charge in [0.1, 0.15) is 10.8 Å². The monoisotopic (exact) mass is 331 g/mol. The van der Waals surface area contributed by atoms with Crippen LogP contribution in [0.5, 0.6) is 0 Å². The first-order chi connectivity index (χ1) is 11.2. The lowest BCUT2D eigenvalue weighted by Gasteiger charge is -2.23. The van der Waals surface area contributed by atoms with Crippen molar-refractivity contribution < 1.29 is 9.32 Å². The van der Waals surface area contributed by atoms with Crippen LogP contribution < -0.4 is 5.32 Å². The molecule has 1 saturated carbocycles. The third kappa shape index (κ3) is 4.34. The number of carbonyl (C=O) groups is 1. The van der Waals surface area contributed by atoms with Gasteiger partial charge in [0.05, 0.1) is 11.3 Å². The van der Waals surface area contributed by atoms with Gasteiger partial charge in [0.25, 0.3) is 5.91 Å². The Bertz CT molecular complexity index is 665. The average molecular weight is 331 g/mol. The van der Waals surface area contributed by atoms with Crippen LogP contribution in [0.15, 0.2) is 33.9 Å². The van der Waals surface area contributed by atoms with Gasteiger partial charge in [-0.2, -0.15) is 0 Å². The fraction of sp³-hybridized carbons (Fsp3) is 0.471. The highest BCUT2D eigenvalue weighted by Gasteiger charge is 2.19. The van der Waals surface area contributed by atoms with E-state index in [4.69, 9.17) is 4.52 Å². The number of pyridine rings is 1. The van der Waals surface area contributed by atoms with E-state index in [2.05, 4.69) is 15.5 Å². The highest BCUT2D eigenvalue weighted by atomic mass is 32.2. The van der Waals surface area contributed by atoms with Crippen molar-refractivity contribution in [3.63, 3.8) is 0 Å². The number of thioether (sulfide) groups is 1. The predicted octanol–water partition coefficient (Wildman–Crippen LogP) is 3.73. The third-order valence-corrected chi connectivity index (χ3v) is 5.03. The molecule has 1 aliphatic carbocycles. The van der Waals surface area contributed by atoms with Crippen molar-refractivity contribution in [2.75, 3.05) is 0 Å². The van der Waals surface area contributed by atoms with E-state index in [9.17, 15) is 4.79 Å². The highest BCUT2D eigenvalue weighted by molar-refractivity contribution is 7.98. The number of hydrogen-bond donors (Lipinski definition) is 1. The molecule has 0 spiro atoms. The van der Waals surface area contributed by atoms with E-state index in [1.54, 1.807) is 12.3 Å². The Morgan fingerprint density at radius 3 is 2.96 bits per heavy atom. The van der Waals surface area contributed by atoms with Crippen molar-refractivity contribution >= 4 is 17.7 Å². The van der Waals surface area contributed by atoms with Gasteiger partial charge in [-0.3, -0.25) is 4.79 Å². The molecule has 0 atom stereocenters. The van der Waals surface area contributed by atoms with Gasteiger partial charge in [-0.15, -0.1) is 0 Å². The summed E-state index contributed by atoms with van der Waals surface area (Å²) in [7, 11) is 0. The Morgan fingerprint density at radius 1 is 1.39 bits per heavy atom.